The van der Waals surface area contributed by atoms with Crippen LogP contribution in [0.3, 0.4) is 0 Å². The number of halogens is 3. The first-order valence-corrected chi connectivity index (χ1v) is 7.65. The Morgan fingerprint density at radius 2 is 1.75 bits per heavy atom. The summed E-state index contributed by atoms with van der Waals surface area (Å²) < 4.78 is 20.0. The predicted molar refractivity (Wildman–Crippen MR) is 86.8 cm³/mol. The standard InChI is InChI=1S/C15H14Br2FNO/c1-9(10-3-5-11(18)6-4-10)19-14-8-15(20-2)13(17)7-12(14)16/h3-9,19H,1-2H3. The van der Waals surface area contributed by atoms with E-state index in [1.807, 2.05) is 19.1 Å². The van der Waals surface area contributed by atoms with Crippen LogP contribution in [0.5, 0.6) is 5.75 Å². The Kier molecular flexibility index (Phi) is 5.05. The number of benzene rings is 2. The zero-order chi connectivity index (χ0) is 14.7. The topological polar surface area (TPSA) is 21.3 Å². The Bertz CT molecular complexity index is 602. The van der Waals surface area contributed by atoms with Gasteiger partial charge in [0.1, 0.15) is 11.6 Å². The highest BCUT2D eigenvalue weighted by molar-refractivity contribution is 9.11. The van der Waals surface area contributed by atoms with Crippen molar-refractivity contribution in [2.24, 2.45) is 0 Å². The Hall–Kier alpha value is -1.07. The molecule has 1 unspecified atom stereocenters. The molecule has 0 spiro atoms. The molecule has 2 aromatic carbocycles. The molecule has 0 aliphatic carbocycles. The van der Waals surface area contributed by atoms with Crippen molar-refractivity contribution in [1.82, 2.24) is 0 Å². The van der Waals surface area contributed by atoms with E-state index < -0.39 is 0 Å². The molecule has 2 nitrogen and oxygen atoms in total. The molecule has 0 aliphatic rings. The third-order valence-corrected chi connectivity index (χ3v) is 4.26. The third-order valence-electron chi connectivity index (χ3n) is 2.98. The average molecular weight is 403 g/mol. The molecule has 0 fully saturated rings. The number of hydrogen-bond donors (Lipinski definition) is 1. The lowest BCUT2D eigenvalue weighted by Crippen LogP contribution is -2.07. The van der Waals surface area contributed by atoms with Crippen LogP contribution in [0, 0.1) is 5.82 Å². The molecular weight excluding hydrogens is 389 g/mol. The van der Waals surface area contributed by atoms with Crippen LogP contribution in [-0.4, -0.2) is 7.11 Å². The first-order chi connectivity index (χ1) is 9.51. The largest absolute Gasteiger partial charge is 0.495 e. The maximum atomic E-state index is 12.9. The molecule has 1 atom stereocenters. The minimum atomic E-state index is -0.229. The van der Waals surface area contributed by atoms with Crippen molar-refractivity contribution >= 4 is 37.5 Å². The first kappa shape index (κ1) is 15.3. The summed E-state index contributed by atoms with van der Waals surface area (Å²) in [7, 11) is 1.63. The molecule has 106 valence electrons. The highest BCUT2D eigenvalue weighted by Gasteiger charge is 2.11. The monoisotopic (exact) mass is 401 g/mol. The summed E-state index contributed by atoms with van der Waals surface area (Å²) in [6.07, 6.45) is 0. The lowest BCUT2D eigenvalue weighted by atomic mass is 10.1. The lowest BCUT2D eigenvalue weighted by molar-refractivity contribution is 0.412. The van der Waals surface area contributed by atoms with Gasteiger partial charge in [-0.2, -0.15) is 0 Å². The fourth-order valence-electron chi connectivity index (χ4n) is 1.86. The molecule has 0 radical (unpaired) electrons. The Labute approximate surface area is 134 Å². The van der Waals surface area contributed by atoms with Crippen LogP contribution >= 0.6 is 31.9 Å². The molecule has 2 rings (SSSR count). The fraction of sp³-hybridized carbons (Fsp3) is 0.200. The second-order valence-corrected chi connectivity index (χ2v) is 6.09. The van der Waals surface area contributed by atoms with Crippen molar-refractivity contribution in [2.45, 2.75) is 13.0 Å². The van der Waals surface area contributed by atoms with E-state index in [4.69, 9.17) is 4.74 Å². The molecule has 0 saturated carbocycles. The van der Waals surface area contributed by atoms with Gasteiger partial charge in [0, 0.05) is 16.6 Å². The second-order valence-electron chi connectivity index (χ2n) is 4.38. The summed E-state index contributed by atoms with van der Waals surface area (Å²) in [5, 5.41) is 3.38. The van der Waals surface area contributed by atoms with Crippen molar-refractivity contribution < 1.29 is 9.13 Å². The highest BCUT2D eigenvalue weighted by atomic mass is 79.9. The van der Waals surface area contributed by atoms with E-state index in [0.29, 0.717) is 0 Å². The summed E-state index contributed by atoms with van der Waals surface area (Å²) in [4.78, 5) is 0. The molecule has 5 heteroatoms. The van der Waals surface area contributed by atoms with E-state index >= 15 is 0 Å². The maximum absolute atomic E-state index is 12.9. The van der Waals surface area contributed by atoms with Gasteiger partial charge in [0.2, 0.25) is 0 Å². The third kappa shape index (κ3) is 3.52. The smallest absolute Gasteiger partial charge is 0.135 e. The Balaban J connectivity index is 2.23. The van der Waals surface area contributed by atoms with Crippen molar-refractivity contribution in [2.75, 3.05) is 12.4 Å². The van der Waals surface area contributed by atoms with E-state index in [9.17, 15) is 4.39 Å². The quantitative estimate of drug-likeness (QED) is 0.725. The number of hydrogen-bond acceptors (Lipinski definition) is 2. The predicted octanol–water partition coefficient (Wildman–Crippen LogP) is 5.53. The Morgan fingerprint density at radius 1 is 1.10 bits per heavy atom. The minimum absolute atomic E-state index is 0.0535. The van der Waals surface area contributed by atoms with Gasteiger partial charge in [0.25, 0.3) is 0 Å². The van der Waals surface area contributed by atoms with Gasteiger partial charge in [0.15, 0.2) is 0 Å². The molecule has 0 heterocycles. The van der Waals surface area contributed by atoms with Crippen molar-refractivity contribution in [3.8, 4) is 5.75 Å². The van der Waals surface area contributed by atoms with Crippen LogP contribution in [0.25, 0.3) is 0 Å². The average Bonchev–Trinajstić information content (AvgIpc) is 2.42. The summed E-state index contributed by atoms with van der Waals surface area (Å²) in [6.45, 7) is 2.02. The van der Waals surface area contributed by atoms with Crippen LogP contribution in [0.15, 0.2) is 45.3 Å². The lowest BCUT2D eigenvalue weighted by Gasteiger charge is -2.18. The SMILES string of the molecule is COc1cc(NC(C)c2ccc(F)cc2)c(Br)cc1Br. The van der Waals surface area contributed by atoms with Gasteiger partial charge in [-0.3, -0.25) is 0 Å². The van der Waals surface area contributed by atoms with Gasteiger partial charge in [-0.05, 0) is 62.5 Å². The molecule has 0 saturated heterocycles. The maximum Gasteiger partial charge on any atom is 0.135 e. The van der Waals surface area contributed by atoms with Crippen molar-refractivity contribution in [3.05, 3.63) is 56.7 Å². The second kappa shape index (κ2) is 6.59. The number of methoxy groups -OCH3 is 1. The minimum Gasteiger partial charge on any atom is -0.495 e. The molecule has 0 aliphatic heterocycles. The van der Waals surface area contributed by atoms with Gasteiger partial charge in [-0.25, -0.2) is 4.39 Å². The van der Waals surface area contributed by atoms with E-state index in [1.165, 1.54) is 12.1 Å². The van der Waals surface area contributed by atoms with Gasteiger partial charge in [0.05, 0.1) is 17.3 Å². The van der Waals surface area contributed by atoms with E-state index in [2.05, 4.69) is 37.2 Å². The summed E-state index contributed by atoms with van der Waals surface area (Å²) >= 11 is 6.95. The molecule has 20 heavy (non-hydrogen) atoms. The number of rotatable bonds is 4. The van der Waals surface area contributed by atoms with Crippen LogP contribution in [0.2, 0.25) is 0 Å². The van der Waals surface area contributed by atoms with Gasteiger partial charge >= 0.3 is 0 Å². The van der Waals surface area contributed by atoms with Crippen molar-refractivity contribution in [3.63, 3.8) is 0 Å². The summed E-state index contributed by atoms with van der Waals surface area (Å²) in [6, 6.07) is 10.4. The van der Waals surface area contributed by atoms with Gasteiger partial charge in [-0.15, -0.1) is 0 Å². The molecule has 0 amide bonds. The number of ether oxygens (including phenoxy) is 1. The molecular formula is C15H14Br2FNO. The van der Waals surface area contributed by atoms with Gasteiger partial charge < -0.3 is 10.1 Å². The van der Waals surface area contributed by atoms with Crippen molar-refractivity contribution in [1.29, 1.82) is 0 Å². The van der Waals surface area contributed by atoms with Crippen LogP contribution in [-0.2, 0) is 0 Å². The van der Waals surface area contributed by atoms with Crippen LogP contribution in [0.4, 0.5) is 10.1 Å². The number of anilines is 1. The zero-order valence-corrected chi connectivity index (χ0v) is 14.3. The highest BCUT2D eigenvalue weighted by Crippen LogP contribution is 2.36. The molecule has 0 bridgehead atoms. The normalized spacial score (nSPS) is 12.1. The fourth-order valence-corrected chi connectivity index (χ4v) is 3.13. The molecule has 1 N–H and O–H groups in total. The Morgan fingerprint density at radius 3 is 2.35 bits per heavy atom. The summed E-state index contributed by atoms with van der Waals surface area (Å²) in [5.41, 5.74) is 1.93. The number of nitrogens with one attached hydrogen (secondary N) is 1. The van der Waals surface area contributed by atoms with E-state index in [-0.39, 0.29) is 11.9 Å². The zero-order valence-electron chi connectivity index (χ0n) is 11.1. The van der Waals surface area contributed by atoms with Crippen LogP contribution < -0.4 is 10.1 Å². The van der Waals surface area contributed by atoms with E-state index in [0.717, 1.165) is 25.9 Å². The molecule has 2 aromatic rings. The van der Waals surface area contributed by atoms with Crippen LogP contribution in [0.1, 0.15) is 18.5 Å². The first-order valence-electron chi connectivity index (χ1n) is 6.06. The molecule has 0 aromatic heterocycles. The van der Waals surface area contributed by atoms with E-state index in [1.54, 1.807) is 19.2 Å². The summed E-state index contributed by atoms with van der Waals surface area (Å²) in [5.74, 6) is 0.523. The van der Waals surface area contributed by atoms with Gasteiger partial charge in [-0.1, -0.05) is 12.1 Å².